The number of benzene rings is 1. The maximum absolute atomic E-state index is 12.5. The minimum atomic E-state index is -0.488. The van der Waals surface area contributed by atoms with Crippen molar-refractivity contribution in [3.05, 3.63) is 35.4 Å². The van der Waals surface area contributed by atoms with E-state index in [0.29, 0.717) is 5.56 Å². The van der Waals surface area contributed by atoms with Crippen LogP contribution in [0.5, 0.6) is 0 Å². The Kier molecular flexibility index (Phi) is 6.59. The Morgan fingerprint density at radius 2 is 1.87 bits per heavy atom. The lowest BCUT2D eigenvalue weighted by Gasteiger charge is -2.29. The van der Waals surface area contributed by atoms with Gasteiger partial charge in [0.15, 0.2) is 0 Å². The van der Waals surface area contributed by atoms with Crippen LogP contribution in [0.1, 0.15) is 42.1 Å². The van der Waals surface area contributed by atoms with Crippen LogP contribution in [0.25, 0.3) is 0 Å². The van der Waals surface area contributed by atoms with Gasteiger partial charge in [-0.2, -0.15) is 0 Å². The Morgan fingerprint density at radius 1 is 1.17 bits per heavy atom. The fourth-order valence-electron chi connectivity index (χ4n) is 2.94. The largest absolute Gasteiger partial charge is 0.341 e. The van der Waals surface area contributed by atoms with Crippen LogP contribution in [0.15, 0.2) is 24.3 Å². The van der Waals surface area contributed by atoms with Crippen LogP contribution in [0.4, 0.5) is 0 Å². The smallest absolute Gasteiger partial charge is 0.252 e. The number of hydrogen-bond donors (Lipinski definition) is 2. The first-order valence-electron chi connectivity index (χ1n) is 8.45. The van der Waals surface area contributed by atoms with E-state index < -0.39 is 6.04 Å². The Hall–Kier alpha value is -1.88. The zero-order valence-corrected chi connectivity index (χ0v) is 14.1. The average Bonchev–Trinajstić information content (AvgIpc) is 2.60. The number of carbonyl (C=O) groups is 2. The van der Waals surface area contributed by atoms with Gasteiger partial charge in [-0.25, -0.2) is 0 Å². The van der Waals surface area contributed by atoms with Gasteiger partial charge in [-0.3, -0.25) is 9.59 Å². The molecule has 23 heavy (non-hydrogen) atoms. The molecule has 1 aliphatic rings. The van der Waals surface area contributed by atoms with E-state index in [9.17, 15) is 9.59 Å². The second-order valence-electron chi connectivity index (χ2n) is 6.09. The fourth-order valence-corrected chi connectivity index (χ4v) is 2.94. The lowest BCUT2D eigenvalue weighted by Crippen LogP contribution is -2.48. The second-order valence-corrected chi connectivity index (χ2v) is 6.09. The molecular weight excluding hydrogens is 290 g/mol. The van der Waals surface area contributed by atoms with E-state index in [1.165, 1.54) is 6.42 Å². The normalized spacial score (nSPS) is 16.0. The summed E-state index contributed by atoms with van der Waals surface area (Å²) in [7, 11) is 1.89. The molecule has 1 saturated heterocycles. The van der Waals surface area contributed by atoms with E-state index in [1.807, 2.05) is 36.2 Å². The third kappa shape index (κ3) is 4.79. The van der Waals surface area contributed by atoms with Crippen LogP contribution in [0.3, 0.4) is 0 Å². The van der Waals surface area contributed by atoms with Crippen molar-refractivity contribution in [2.45, 2.75) is 38.6 Å². The fraction of sp³-hybridized carbons (Fsp3) is 0.556. The molecular formula is C18H27N3O2. The molecule has 1 fully saturated rings. The SMILES string of the molecule is CNCCc1ccccc1C(=O)NC(C)C(=O)N1CCCCC1. The molecule has 1 aromatic rings. The van der Waals surface area contributed by atoms with Crippen molar-refractivity contribution in [1.29, 1.82) is 0 Å². The molecule has 5 heteroatoms. The molecule has 0 aromatic heterocycles. The third-order valence-electron chi connectivity index (χ3n) is 4.29. The molecule has 0 radical (unpaired) electrons. The van der Waals surface area contributed by atoms with Crippen molar-refractivity contribution < 1.29 is 9.59 Å². The highest BCUT2D eigenvalue weighted by molar-refractivity contribution is 5.98. The molecule has 2 amide bonds. The van der Waals surface area contributed by atoms with Crippen LogP contribution in [0, 0.1) is 0 Å². The summed E-state index contributed by atoms with van der Waals surface area (Å²) in [4.78, 5) is 26.8. The molecule has 2 N–H and O–H groups in total. The van der Waals surface area contributed by atoms with Gasteiger partial charge in [0.2, 0.25) is 5.91 Å². The topological polar surface area (TPSA) is 61.4 Å². The van der Waals surface area contributed by atoms with Crippen molar-refractivity contribution in [1.82, 2.24) is 15.5 Å². The van der Waals surface area contributed by atoms with Crippen molar-refractivity contribution in [3.8, 4) is 0 Å². The average molecular weight is 317 g/mol. The van der Waals surface area contributed by atoms with Crippen molar-refractivity contribution in [2.75, 3.05) is 26.7 Å². The van der Waals surface area contributed by atoms with E-state index in [2.05, 4.69) is 10.6 Å². The first-order valence-corrected chi connectivity index (χ1v) is 8.45. The Bertz CT molecular complexity index is 539. The summed E-state index contributed by atoms with van der Waals surface area (Å²) < 4.78 is 0. The van der Waals surface area contributed by atoms with E-state index in [1.54, 1.807) is 6.92 Å². The van der Waals surface area contributed by atoms with Gasteiger partial charge in [-0.1, -0.05) is 18.2 Å². The highest BCUT2D eigenvalue weighted by atomic mass is 16.2. The van der Waals surface area contributed by atoms with Gasteiger partial charge in [0.1, 0.15) is 6.04 Å². The summed E-state index contributed by atoms with van der Waals surface area (Å²) in [5, 5.41) is 5.95. The lowest BCUT2D eigenvalue weighted by atomic mass is 10.0. The Morgan fingerprint density at radius 3 is 2.57 bits per heavy atom. The van der Waals surface area contributed by atoms with Gasteiger partial charge in [0, 0.05) is 18.7 Å². The molecule has 0 aliphatic carbocycles. The molecule has 0 bridgehead atoms. The third-order valence-corrected chi connectivity index (χ3v) is 4.29. The number of likely N-dealkylation sites (tertiary alicyclic amines) is 1. The Balaban J connectivity index is 1.99. The molecule has 2 rings (SSSR count). The Labute approximate surface area is 138 Å². The minimum Gasteiger partial charge on any atom is -0.341 e. The number of nitrogens with one attached hydrogen (secondary N) is 2. The summed E-state index contributed by atoms with van der Waals surface area (Å²) in [6.07, 6.45) is 4.08. The molecule has 1 heterocycles. The van der Waals surface area contributed by atoms with Gasteiger partial charge in [-0.15, -0.1) is 0 Å². The number of rotatable bonds is 6. The molecule has 1 aliphatic heterocycles. The molecule has 5 nitrogen and oxygen atoms in total. The maximum Gasteiger partial charge on any atom is 0.252 e. The maximum atomic E-state index is 12.5. The summed E-state index contributed by atoms with van der Waals surface area (Å²) in [6.45, 7) is 4.19. The van der Waals surface area contributed by atoms with Crippen molar-refractivity contribution >= 4 is 11.8 Å². The first kappa shape index (κ1) is 17.5. The van der Waals surface area contributed by atoms with E-state index in [4.69, 9.17) is 0 Å². The number of hydrogen-bond acceptors (Lipinski definition) is 3. The van der Waals surface area contributed by atoms with Gasteiger partial charge < -0.3 is 15.5 Å². The van der Waals surface area contributed by atoms with Gasteiger partial charge in [0.25, 0.3) is 5.91 Å². The number of carbonyl (C=O) groups excluding carboxylic acids is 2. The van der Waals surface area contributed by atoms with Gasteiger partial charge in [-0.05, 0) is 57.8 Å². The van der Waals surface area contributed by atoms with Crippen molar-refractivity contribution in [3.63, 3.8) is 0 Å². The number of piperidine rings is 1. The summed E-state index contributed by atoms with van der Waals surface area (Å²) in [6, 6.07) is 7.08. The zero-order valence-electron chi connectivity index (χ0n) is 14.1. The van der Waals surface area contributed by atoms with E-state index in [0.717, 1.165) is 44.5 Å². The molecule has 1 atom stereocenters. The molecule has 126 valence electrons. The number of nitrogens with zero attached hydrogens (tertiary/aromatic N) is 1. The highest BCUT2D eigenvalue weighted by Gasteiger charge is 2.24. The quantitative estimate of drug-likeness (QED) is 0.837. The van der Waals surface area contributed by atoms with E-state index >= 15 is 0 Å². The lowest BCUT2D eigenvalue weighted by molar-refractivity contribution is -0.133. The monoisotopic (exact) mass is 317 g/mol. The number of amides is 2. The highest BCUT2D eigenvalue weighted by Crippen LogP contribution is 2.12. The summed E-state index contributed by atoms with van der Waals surface area (Å²) in [5.41, 5.74) is 1.65. The van der Waals surface area contributed by atoms with Crippen LogP contribution >= 0.6 is 0 Å². The van der Waals surface area contributed by atoms with Crippen LogP contribution in [0.2, 0.25) is 0 Å². The summed E-state index contributed by atoms with van der Waals surface area (Å²) >= 11 is 0. The van der Waals surface area contributed by atoms with Crippen LogP contribution < -0.4 is 10.6 Å². The second kappa shape index (κ2) is 8.67. The molecule has 0 spiro atoms. The number of likely N-dealkylation sites (N-methyl/N-ethyl adjacent to an activating group) is 1. The van der Waals surface area contributed by atoms with E-state index in [-0.39, 0.29) is 11.8 Å². The standard InChI is InChI=1S/C18H27N3O2/c1-14(18(23)21-12-6-3-7-13-21)20-17(22)16-9-5-4-8-15(16)10-11-19-2/h4-5,8-9,14,19H,3,6-7,10-13H2,1-2H3,(H,20,22). The molecule has 1 aromatic carbocycles. The zero-order chi connectivity index (χ0) is 16.7. The first-order chi connectivity index (χ1) is 11.1. The van der Waals surface area contributed by atoms with Crippen molar-refractivity contribution in [2.24, 2.45) is 0 Å². The van der Waals surface area contributed by atoms with Gasteiger partial charge in [0.05, 0.1) is 0 Å². The van der Waals surface area contributed by atoms with Crippen LogP contribution in [-0.2, 0) is 11.2 Å². The molecule has 1 unspecified atom stereocenters. The predicted octanol–water partition coefficient (Wildman–Crippen LogP) is 1.58. The van der Waals surface area contributed by atoms with Crippen LogP contribution in [-0.4, -0.2) is 49.4 Å². The molecule has 0 saturated carbocycles. The minimum absolute atomic E-state index is 0.0192. The van der Waals surface area contributed by atoms with Gasteiger partial charge >= 0.3 is 0 Å². The summed E-state index contributed by atoms with van der Waals surface area (Å²) in [5.74, 6) is -0.152. The predicted molar refractivity (Wildman–Crippen MR) is 91.4 cm³/mol.